The molecule has 7 heteroatoms. The third-order valence-electron chi connectivity index (χ3n) is 3.34. The molecule has 0 aliphatic rings. The third kappa shape index (κ3) is 10.1. The number of benzene rings is 1. The molecular formula is C16H24NaO5S. The smallest absolute Gasteiger partial charge is 0.311 e. The summed E-state index contributed by atoms with van der Waals surface area (Å²) in [6.07, 6.45) is 8.25. The Kier molecular flexibility index (Phi) is 11.8. The fraction of sp³-hybridized carbons (Fsp3) is 0.562. The zero-order valence-electron chi connectivity index (χ0n) is 14.0. The van der Waals surface area contributed by atoms with E-state index in [0.717, 1.165) is 19.3 Å². The van der Waals surface area contributed by atoms with Gasteiger partial charge in [-0.3, -0.25) is 9.35 Å². The van der Waals surface area contributed by atoms with Crippen LogP contribution in [0.25, 0.3) is 0 Å². The third-order valence-corrected chi connectivity index (χ3v) is 4.21. The summed E-state index contributed by atoms with van der Waals surface area (Å²) in [5, 5.41) is 0. The summed E-state index contributed by atoms with van der Waals surface area (Å²) in [6.45, 7) is 2.18. The van der Waals surface area contributed by atoms with Crippen LogP contribution in [-0.2, 0) is 14.9 Å². The first-order chi connectivity index (χ1) is 10.4. The second-order valence-corrected chi connectivity index (χ2v) is 6.71. The van der Waals surface area contributed by atoms with E-state index in [-0.39, 0.29) is 46.2 Å². The second kappa shape index (κ2) is 12.0. The average molecular weight is 351 g/mol. The molecule has 0 fully saturated rings. The molecule has 0 bridgehead atoms. The van der Waals surface area contributed by atoms with Gasteiger partial charge in [-0.05, 0) is 30.7 Å². The molecule has 0 atom stereocenters. The van der Waals surface area contributed by atoms with Gasteiger partial charge in [0, 0.05) is 36.0 Å². The normalized spacial score (nSPS) is 10.9. The first-order valence-electron chi connectivity index (χ1n) is 7.71. The number of unbranched alkanes of at least 4 members (excludes halogenated alkanes) is 6. The van der Waals surface area contributed by atoms with Crippen molar-refractivity contribution in [1.29, 1.82) is 0 Å². The van der Waals surface area contributed by atoms with Gasteiger partial charge in [0.25, 0.3) is 10.1 Å². The minimum atomic E-state index is -4.22. The molecule has 5 nitrogen and oxygen atoms in total. The van der Waals surface area contributed by atoms with Gasteiger partial charge in [-0.1, -0.05) is 45.4 Å². The summed E-state index contributed by atoms with van der Waals surface area (Å²) in [5.41, 5.74) is 0. The summed E-state index contributed by atoms with van der Waals surface area (Å²) in [5.74, 6) is -0.0477. The van der Waals surface area contributed by atoms with Crippen LogP contribution < -0.4 is 4.74 Å². The van der Waals surface area contributed by atoms with E-state index in [1.165, 1.54) is 49.9 Å². The van der Waals surface area contributed by atoms with Crippen LogP contribution in [0.3, 0.4) is 0 Å². The van der Waals surface area contributed by atoms with Gasteiger partial charge < -0.3 is 4.74 Å². The van der Waals surface area contributed by atoms with Crippen LogP contribution in [0.4, 0.5) is 0 Å². The molecule has 0 heterocycles. The molecule has 1 radical (unpaired) electrons. The molecule has 0 saturated carbocycles. The quantitative estimate of drug-likeness (QED) is 0.229. The van der Waals surface area contributed by atoms with E-state index in [1.54, 1.807) is 0 Å². The van der Waals surface area contributed by atoms with Crippen molar-refractivity contribution in [3.05, 3.63) is 24.3 Å². The van der Waals surface area contributed by atoms with Crippen LogP contribution in [0, 0.1) is 0 Å². The van der Waals surface area contributed by atoms with Gasteiger partial charge in [0.05, 0.1) is 4.90 Å². The summed E-state index contributed by atoms with van der Waals surface area (Å²) < 4.78 is 35.7. The fourth-order valence-electron chi connectivity index (χ4n) is 2.09. The summed E-state index contributed by atoms with van der Waals surface area (Å²) in [7, 11) is -4.22. The molecule has 0 amide bonds. The average Bonchev–Trinajstić information content (AvgIpc) is 2.46. The topological polar surface area (TPSA) is 80.7 Å². The molecule has 0 spiro atoms. The van der Waals surface area contributed by atoms with E-state index in [4.69, 9.17) is 9.29 Å². The Labute approximate surface area is 160 Å². The Morgan fingerprint density at radius 2 is 1.52 bits per heavy atom. The van der Waals surface area contributed by atoms with Crippen LogP contribution in [0.5, 0.6) is 5.75 Å². The standard InChI is InChI=1S/C16H24O5S.Na/c1-2-3-4-5-6-7-8-9-16(17)21-14-10-12-15(13-11-14)22(18,19)20;/h10-13H,2-9H2,1H3,(H,18,19,20);. The first kappa shape index (κ1) is 22.6. The van der Waals surface area contributed by atoms with Crippen molar-refractivity contribution in [2.75, 3.05) is 0 Å². The SMILES string of the molecule is CCCCCCCCCC(=O)Oc1ccc(S(=O)(=O)O)cc1.[Na]. The maximum absolute atomic E-state index is 11.6. The predicted molar refractivity (Wildman–Crippen MR) is 90.3 cm³/mol. The zero-order valence-corrected chi connectivity index (χ0v) is 16.8. The molecule has 0 aromatic heterocycles. The van der Waals surface area contributed by atoms with Crippen LogP contribution in [0.1, 0.15) is 58.3 Å². The van der Waals surface area contributed by atoms with E-state index < -0.39 is 10.1 Å². The molecule has 0 unspecified atom stereocenters. The number of carbonyl (C=O) groups is 1. The summed E-state index contributed by atoms with van der Waals surface area (Å²) in [4.78, 5) is 11.4. The van der Waals surface area contributed by atoms with Crippen LogP contribution >= 0.6 is 0 Å². The second-order valence-electron chi connectivity index (χ2n) is 5.29. The van der Waals surface area contributed by atoms with Crippen LogP contribution in [-0.4, -0.2) is 48.5 Å². The molecule has 125 valence electrons. The van der Waals surface area contributed by atoms with Crippen LogP contribution in [0.15, 0.2) is 29.2 Å². The van der Waals surface area contributed by atoms with Crippen molar-refractivity contribution in [3.63, 3.8) is 0 Å². The molecule has 0 saturated heterocycles. The number of ether oxygens (including phenoxy) is 1. The Hall–Kier alpha value is -0.400. The van der Waals surface area contributed by atoms with Gasteiger partial charge in [0.1, 0.15) is 5.75 Å². The molecule has 23 heavy (non-hydrogen) atoms. The van der Waals surface area contributed by atoms with E-state index in [2.05, 4.69) is 6.92 Å². The number of hydrogen-bond donors (Lipinski definition) is 1. The fourth-order valence-corrected chi connectivity index (χ4v) is 2.57. The zero-order chi connectivity index (χ0) is 16.4. The summed E-state index contributed by atoms with van der Waals surface area (Å²) in [6, 6.07) is 5.11. The van der Waals surface area contributed by atoms with Crippen molar-refractivity contribution in [3.8, 4) is 5.75 Å². The number of esters is 1. The molecule has 0 aliphatic heterocycles. The first-order valence-corrected chi connectivity index (χ1v) is 9.15. The van der Waals surface area contributed by atoms with E-state index in [9.17, 15) is 13.2 Å². The Morgan fingerprint density at radius 3 is 2.04 bits per heavy atom. The van der Waals surface area contributed by atoms with Gasteiger partial charge in [-0.2, -0.15) is 8.42 Å². The van der Waals surface area contributed by atoms with Crippen molar-refractivity contribution in [2.45, 2.75) is 63.2 Å². The molecule has 0 aliphatic carbocycles. The van der Waals surface area contributed by atoms with Gasteiger partial charge in [-0.15, -0.1) is 0 Å². The van der Waals surface area contributed by atoms with Crippen molar-refractivity contribution >= 4 is 45.6 Å². The Balaban J connectivity index is 0.00000484. The van der Waals surface area contributed by atoms with E-state index in [1.807, 2.05) is 0 Å². The molecule has 1 aromatic carbocycles. The molecule has 1 aromatic rings. The minimum absolute atomic E-state index is 0. The monoisotopic (exact) mass is 351 g/mol. The Bertz CT molecular complexity index is 554. The maximum atomic E-state index is 11.6. The molecular weight excluding hydrogens is 327 g/mol. The minimum Gasteiger partial charge on any atom is -0.427 e. The molecule has 1 N–H and O–H groups in total. The maximum Gasteiger partial charge on any atom is 0.311 e. The van der Waals surface area contributed by atoms with Crippen molar-refractivity contribution in [1.82, 2.24) is 0 Å². The largest absolute Gasteiger partial charge is 0.427 e. The Morgan fingerprint density at radius 1 is 1.00 bits per heavy atom. The van der Waals surface area contributed by atoms with Gasteiger partial charge in [0.15, 0.2) is 0 Å². The van der Waals surface area contributed by atoms with E-state index in [0.29, 0.717) is 6.42 Å². The van der Waals surface area contributed by atoms with Gasteiger partial charge >= 0.3 is 5.97 Å². The van der Waals surface area contributed by atoms with Crippen LogP contribution in [0.2, 0.25) is 0 Å². The molecule has 1 rings (SSSR count). The van der Waals surface area contributed by atoms with Gasteiger partial charge in [-0.25, -0.2) is 0 Å². The predicted octanol–water partition coefficient (Wildman–Crippen LogP) is 3.60. The summed E-state index contributed by atoms with van der Waals surface area (Å²) >= 11 is 0. The number of hydrogen-bond acceptors (Lipinski definition) is 4. The number of carbonyl (C=O) groups excluding carboxylic acids is 1. The van der Waals surface area contributed by atoms with Crippen molar-refractivity contribution < 1.29 is 22.5 Å². The van der Waals surface area contributed by atoms with E-state index >= 15 is 0 Å². The van der Waals surface area contributed by atoms with Gasteiger partial charge in [0.2, 0.25) is 0 Å². The number of rotatable bonds is 10. The van der Waals surface area contributed by atoms with Crippen molar-refractivity contribution in [2.24, 2.45) is 0 Å².